The number of carbonyl (C=O) groups excluding carboxylic acids is 1. The number of carbonyl (C=O) groups is 1. The van der Waals surface area contributed by atoms with Crippen LogP contribution in [0.5, 0.6) is 0 Å². The van der Waals surface area contributed by atoms with Crippen LogP contribution in [0.15, 0.2) is 24.3 Å². The third kappa shape index (κ3) is 1.43. The fourth-order valence-corrected chi connectivity index (χ4v) is 1.78. The monoisotopic (exact) mass is 188 g/mol. The number of esters is 1. The van der Waals surface area contributed by atoms with Crippen LogP contribution in [0.3, 0.4) is 0 Å². The minimum absolute atomic E-state index is 0.239. The Bertz CT molecular complexity index is 391. The molecule has 0 unspecified atom stereocenters. The molecule has 0 atom stereocenters. The van der Waals surface area contributed by atoms with Crippen LogP contribution in [-0.4, -0.2) is 13.1 Å². The average Bonchev–Trinajstić information content (AvgIpc) is 2.27. The van der Waals surface area contributed by atoms with E-state index in [-0.39, 0.29) is 5.97 Å². The fourth-order valence-electron chi connectivity index (χ4n) is 1.78. The molecule has 1 aliphatic carbocycles. The van der Waals surface area contributed by atoms with Crippen molar-refractivity contribution in [2.75, 3.05) is 7.11 Å². The van der Waals surface area contributed by atoms with Crippen molar-refractivity contribution < 1.29 is 9.53 Å². The summed E-state index contributed by atoms with van der Waals surface area (Å²) in [5, 5.41) is 0. The summed E-state index contributed by atoms with van der Waals surface area (Å²) in [5.41, 5.74) is 2.95. The van der Waals surface area contributed by atoms with E-state index in [1.807, 2.05) is 18.2 Å². The molecule has 2 rings (SSSR count). The number of benzene rings is 1. The SMILES string of the molecule is COC(=O)c1cccc2c1CCC=C2. The third-order valence-corrected chi connectivity index (χ3v) is 2.48. The normalized spacial score (nSPS) is 13.5. The van der Waals surface area contributed by atoms with Crippen LogP contribution >= 0.6 is 0 Å². The predicted octanol–water partition coefficient (Wildman–Crippen LogP) is 2.43. The quantitative estimate of drug-likeness (QED) is 0.633. The summed E-state index contributed by atoms with van der Waals surface area (Å²) in [7, 11) is 1.42. The Hall–Kier alpha value is -1.57. The predicted molar refractivity (Wildman–Crippen MR) is 55.1 cm³/mol. The first-order chi connectivity index (χ1) is 6.83. The van der Waals surface area contributed by atoms with Crippen LogP contribution < -0.4 is 0 Å². The highest BCUT2D eigenvalue weighted by molar-refractivity contribution is 5.92. The first-order valence-electron chi connectivity index (χ1n) is 4.69. The Kier molecular flexibility index (Phi) is 2.35. The van der Waals surface area contributed by atoms with E-state index in [1.54, 1.807) is 0 Å². The summed E-state index contributed by atoms with van der Waals surface area (Å²) in [5.74, 6) is -0.239. The van der Waals surface area contributed by atoms with Crippen molar-refractivity contribution in [1.82, 2.24) is 0 Å². The van der Waals surface area contributed by atoms with Gasteiger partial charge in [0.2, 0.25) is 0 Å². The molecule has 0 fully saturated rings. The second-order valence-electron chi connectivity index (χ2n) is 3.31. The smallest absolute Gasteiger partial charge is 0.338 e. The van der Waals surface area contributed by atoms with Crippen molar-refractivity contribution >= 4 is 12.0 Å². The van der Waals surface area contributed by atoms with Gasteiger partial charge >= 0.3 is 5.97 Å². The maximum absolute atomic E-state index is 11.4. The Morgan fingerprint density at radius 3 is 3.07 bits per heavy atom. The van der Waals surface area contributed by atoms with Crippen LogP contribution in [0.2, 0.25) is 0 Å². The summed E-state index contributed by atoms with van der Waals surface area (Å²) in [6, 6.07) is 5.74. The summed E-state index contributed by atoms with van der Waals surface area (Å²) in [6.07, 6.45) is 6.12. The molecule has 0 radical (unpaired) electrons. The first-order valence-corrected chi connectivity index (χ1v) is 4.69. The molecule has 1 aliphatic rings. The lowest BCUT2D eigenvalue weighted by Gasteiger charge is -2.13. The van der Waals surface area contributed by atoms with Crippen LogP contribution in [0.25, 0.3) is 6.08 Å². The molecule has 0 N–H and O–H groups in total. The maximum atomic E-state index is 11.4. The Balaban J connectivity index is 2.51. The van der Waals surface area contributed by atoms with Gasteiger partial charge in [-0.3, -0.25) is 0 Å². The zero-order valence-corrected chi connectivity index (χ0v) is 8.12. The van der Waals surface area contributed by atoms with Gasteiger partial charge in [0.25, 0.3) is 0 Å². The van der Waals surface area contributed by atoms with Crippen LogP contribution in [0.4, 0.5) is 0 Å². The molecule has 72 valence electrons. The minimum Gasteiger partial charge on any atom is -0.465 e. The van der Waals surface area contributed by atoms with E-state index in [2.05, 4.69) is 12.2 Å². The van der Waals surface area contributed by atoms with Gasteiger partial charge in [-0.1, -0.05) is 24.3 Å². The molecule has 0 aromatic heterocycles. The molecular weight excluding hydrogens is 176 g/mol. The largest absolute Gasteiger partial charge is 0.465 e. The van der Waals surface area contributed by atoms with Crippen molar-refractivity contribution in [2.24, 2.45) is 0 Å². The summed E-state index contributed by atoms with van der Waals surface area (Å²) in [4.78, 5) is 11.4. The summed E-state index contributed by atoms with van der Waals surface area (Å²) in [6.45, 7) is 0. The molecule has 14 heavy (non-hydrogen) atoms. The van der Waals surface area contributed by atoms with Crippen molar-refractivity contribution in [2.45, 2.75) is 12.8 Å². The highest BCUT2D eigenvalue weighted by Gasteiger charge is 2.14. The second-order valence-corrected chi connectivity index (χ2v) is 3.31. The van der Waals surface area contributed by atoms with Crippen LogP contribution in [0.1, 0.15) is 27.9 Å². The molecule has 2 heteroatoms. The number of hydrogen-bond acceptors (Lipinski definition) is 2. The summed E-state index contributed by atoms with van der Waals surface area (Å²) >= 11 is 0. The van der Waals surface area contributed by atoms with Gasteiger partial charge in [0.05, 0.1) is 12.7 Å². The van der Waals surface area contributed by atoms with Gasteiger partial charge in [-0.2, -0.15) is 0 Å². The van der Waals surface area contributed by atoms with E-state index < -0.39 is 0 Å². The summed E-state index contributed by atoms with van der Waals surface area (Å²) < 4.78 is 4.74. The highest BCUT2D eigenvalue weighted by atomic mass is 16.5. The van der Waals surface area contributed by atoms with E-state index in [4.69, 9.17) is 4.74 Å². The van der Waals surface area contributed by atoms with Gasteiger partial charge in [-0.25, -0.2) is 4.79 Å². The van der Waals surface area contributed by atoms with E-state index in [1.165, 1.54) is 7.11 Å². The first kappa shape index (κ1) is 9.00. The van der Waals surface area contributed by atoms with Gasteiger partial charge in [0.15, 0.2) is 0 Å². The molecule has 0 aliphatic heterocycles. The Labute approximate surface area is 83.2 Å². The van der Waals surface area contributed by atoms with Crippen molar-refractivity contribution in [3.05, 3.63) is 41.0 Å². The standard InChI is InChI=1S/C12H12O2/c1-14-12(13)11-8-4-6-9-5-2-3-7-10(9)11/h2,4-6,8H,3,7H2,1H3. The number of ether oxygens (including phenoxy) is 1. The van der Waals surface area contributed by atoms with E-state index in [9.17, 15) is 4.79 Å². The van der Waals surface area contributed by atoms with Gasteiger partial charge in [-0.05, 0) is 30.0 Å². The molecule has 1 aromatic rings. The third-order valence-electron chi connectivity index (χ3n) is 2.48. The number of fused-ring (bicyclic) bond motifs is 1. The molecule has 0 bridgehead atoms. The van der Waals surface area contributed by atoms with Gasteiger partial charge in [0, 0.05) is 0 Å². The van der Waals surface area contributed by atoms with Crippen LogP contribution in [0, 0.1) is 0 Å². The number of methoxy groups -OCH3 is 1. The minimum atomic E-state index is -0.239. The highest BCUT2D eigenvalue weighted by Crippen LogP contribution is 2.23. The van der Waals surface area contributed by atoms with Crippen LogP contribution in [-0.2, 0) is 11.2 Å². The van der Waals surface area contributed by atoms with Gasteiger partial charge in [-0.15, -0.1) is 0 Å². The van der Waals surface area contributed by atoms with Crippen molar-refractivity contribution in [3.8, 4) is 0 Å². The lowest BCUT2D eigenvalue weighted by Crippen LogP contribution is -2.08. The molecular formula is C12H12O2. The average molecular weight is 188 g/mol. The lowest BCUT2D eigenvalue weighted by molar-refractivity contribution is 0.0599. The molecule has 0 amide bonds. The molecule has 1 aromatic carbocycles. The van der Waals surface area contributed by atoms with E-state index >= 15 is 0 Å². The Morgan fingerprint density at radius 2 is 2.29 bits per heavy atom. The molecule has 0 spiro atoms. The molecule has 2 nitrogen and oxygen atoms in total. The van der Waals surface area contributed by atoms with E-state index in [0.717, 1.165) is 24.0 Å². The zero-order valence-electron chi connectivity index (χ0n) is 8.12. The maximum Gasteiger partial charge on any atom is 0.338 e. The topological polar surface area (TPSA) is 26.3 Å². The molecule has 0 saturated heterocycles. The van der Waals surface area contributed by atoms with E-state index in [0.29, 0.717) is 5.56 Å². The molecule has 0 heterocycles. The number of hydrogen-bond donors (Lipinski definition) is 0. The zero-order chi connectivity index (χ0) is 9.97. The van der Waals surface area contributed by atoms with Gasteiger partial charge in [0.1, 0.15) is 0 Å². The van der Waals surface area contributed by atoms with Crippen molar-refractivity contribution in [1.29, 1.82) is 0 Å². The Morgan fingerprint density at radius 1 is 1.43 bits per heavy atom. The van der Waals surface area contributed by atoms with Crippen molar-refractivity contribution in [3.63, 3.8) is 0 Å². The lowest BCUT2D eigenvalue weighted by atomic mass is 9.93. The molecule has 0 saturated carbocycles. The fraction of sp³-hybridized carbons (Fsp3) is 0.250. The number of allylic oxidation sites excluding steroid dienone is 1. The van der Waals surface area contributed by atoms with Gasteiger partial charge < -0.3 is 4.74 Å². The second kappa shape index (κ2) is 3.66. The number of rotatable bonds is 1.